The zero-order valence-electron chi connectivity index (χ0n) is 16.6. The number of nitriles is 2. The van der Waals surface area contributed by atoms with E-state index in [1.165, 1.54) is 6.07 Å². The molecule has 0 saturated heterocycles. The summed E-state index contributed by atoms with van der Waals surface area (Å²) in [6.07, 6.45) is 3.86. The summed E-state index contributed by atoms with van der Waals surface area (Å²) in [5.41, 5.74) is -0.846. The number of para-hydroxylation sites is 1. The minimum absolute atomic E-state index is 0.0743. The van der Waals surface area contributed by atoms with Gasteiger partial charge in [0.15, 0.2) is 5.78 Å². The summed E-state index contributed by atoms with van der Waals surface area (Å²) in [6.45, 7) is 0. The number of amides is 1. The van der Waals surface area contributed by atoms with Gasteiger partial charge in [0.25, 0.3) is 0 Å². The van der Waals surface area contributed by atoms with E-state index in [-0.39, 0.29) is 11.3 Å². The van der Waals surface area contributed by atoms with Crippen LogP contribution in [0.1, 0.15) is 42.5 Å². The molecule has 4 rings (SSSR count). The van der Waals surface area contributed by atoms with Gasteiger partial charge < -0.3 is 9.73 Å². The van der Waals surface area contributed by atoms with Crippen molar-refractivity contribution in [1.82, 2.24) is 5.32 Å². The Bertz CT molecular complexity index is 1240. The van der Waals surface area contributed by atoms with Crippen molar-refractivity contribution in [3.63, 3.8) is 0 Å². The molecular formula is C23H19N3O4S. The van der Waals surface area contributed by atoms with Gasteiger partial charge in [-0.25, -0.2) is 4.79 Å². The number of ketones is 1. The molecule has 2 heterocycles. The molecule has 7 nitrogen and oxygen atoms in total. The maximum atomic E-state index is 12.8. The van der Waals surface area contributed by atoms with Crippen molar-refractivity contribution in [2.24, 2.45) is 11.3 Å². The highest BCUT2D eigenvalue weighted by atomic mass is 32.2. The van der Waals surface area contributed by atoms with Crippen LogP contribution in [0.5, 0.6) is 0 Å². The quantitative estimate of drug-likeness (QED) is 0.576. The van der Waals surface area contributed by atoms with Crippen molar-refractivity contribution in [1.29, 1.82) is 10.5 Å². The van der Waals surface area contributed by atoms with Crippen LogP contribution >= 0.6 is 11.8 Å². The number of thioether (sulfide) groups is 1. The summed E-state index contributed by atoms with van der Waals surface area (Å²) >= 11 is 1.02. The lowest BCUT2D eigenvalue weighted by Crippen LogP contribution is -2.48. The van der Waals surface area contributed by atoms with Crippen LogP contribution in [0.4, 0.5) is 0 Å². The summed E-state index contributed by atoms with van der Waals surface area (Å²) in [4.78, 5) is 37.7. The number of Topliss-reactive ketones (excluding diaryl/α,β-unsaturated/α-hetero) is 1. The lowest BCUT2D eigenvalue weighted by atomic mass is 9.61. The van der Waals surface area contributed by atoms with Crippen LogP contribution in [0.2, 0.25) is 0 Å². The van der Waals surface area contributed by atoms with Crippen LogP contribution in [-0.2, 0) is 4.79 Å². The Kier molecular flexibility index (Phi) is 5.67. The molecule has 1 fully saturated rings. The van der Waals surface area contributed by atoms with Crippen molar-refractivity contribution >= 4 is 34.4 Å². The van der Waals surface area contributed by atoms with Crippen molar-refractivity contribution in [3.05, 3.63) is 56.9 Å². The zero-order chi connectivity index (χ0) is 22.0. The largest absolute Gasteiger partial charge is 0.422 e. The first-order chi connectivity index (χ1) is 15.0. The molecule has 1 unspecified atom stereocenters. The van der Waals surface area contributed by atoms with Crippen LogP contribution in [0.15, 0.2) is 50.1 Å². The Morgan fingerprint density at radius 1 is 1.19 bits per heavy atom. The number of hydrogen-bond acceptors (Lipinski definition) is 7. The highest BCUT2D eigenvalue weighted by molar-refractivity contribution is 8.03. The molecule has 1 spiro atoms. The number of benzene rings is 1. The van der Waals surface area contributed by atoms with E-state index in [9.17, 15) is 24.9 Å². The summed E-state index contributed by atoms with van der Waals surface area (Å²) in [5, 5.41) is 23.1. The summed E-state index contributed by atoms with van der Waals surface area (Å²) in [5.74, 6) is -1.96. The lowest BCUT2D eigenvalue weighted by molar-refractivity contribution is -0.126. The number of carbonyl (C=O) groups excluding carboxylic acids is 2. The SMILES string of the molecule is N#CC1=C(SCC(=O)c2cc3ccccc3oc2=O)NC(=O)C(C#N)C12CCCCC2. The fourth-order valence-corrected chi connectivity index (χ4v) is 5.51. The first-order valence-electron chi connectivity index (χ1n) is 10.0. The van der Waals surface area contributed by atoms with Crippen LogP contribution in [-0.4, -0.2) is 17.4 Å². The molecule has 0 radical (unpaired) electrons. The van der Waals surface area contributed by atoms with E-state index in [0.29, 0.717) is 34.4 Å². The third-order valence-corrected chi connectivity index (χ3v) is 7.05. The van der Waals surface area contributed by atoms with Crippen LogP contribution < -0.4 is 10.9 Å². The Morgan fingerprint density at radius 3 is 2.65 bits per heavy atom. The number of rotatable bonds is 4. The van der Waals surface area contributed by atoms with Crippen molar-refractivity contribution in [2.75, 3.05) is 5.75 Å². The Morgan fingerprint density at radius 2 is 1.94 bits per heavy atom. The third kappa shape index (κ3) is 3.64. The first-order valence-corrected chi connectivity index (χ1v) is 11.0. The molecule has 0 bridgehead atoms. The Labute approximate surface area is 182 Å². The monoisotopic (exact) mass is 433 g/mol. The smallest absolute Gasteiger partial charge is 0.347 e. The van der Waals surface area contributed by atoms with Crippen molar-refractivity contribution in [2.45, 2.75) is 32.1 Å². The van der Waals surface area contributed by atoms with E-state index in [1.807, 2.05) is 0 Å². The van der Waals surface area contributed by atoms with Gasteiger partial charge in [-0.05, 0) is 25.0 Å². The second kappa shape index (κ2) is 8.41. The van der Waals surface area contributed by atoms with Gasteiger partial charge in [0.05, 0.1) is 28.5 Å². The van der Waals surface area contributed by atoms with Gasteiger partial charge in [-0.2, -0.15) is 10.5 Å². The zero-order valence-corrected chi connectivity index (χ0v) is 17.5. The molecule has 1 aromatic carbocycles. The minimum Gasteiger partial charge on any atom is -0.422 e. The van der Waals surface area contributed by atoms with Gasteiger partial charge in [0.2, 0.25) is 5.91 Å². The predicted octanol–water partition coefficient (Wildman–Crippen LogP) is 3.66. The van der Waals surface area contributed by atoms with E-state index >= 15 is 0 Å². The van der Waals surface area contributed by atoms with Crippen molar-refractivity contribution in [3.8, 4) is 12.1 Å². The minimum atomic E-state index is -0.921. The molecule has 8 heteroatoms. The highest BCUT2D eigenvalue weighted by Gasteiger charge is 2.51. The predicted molar refractivity (Wildman–Crippen MR) is 115 cm³/mol. The fourth-order valence-electron chi connectivity index (χ4n) is 4.51. The molecule has 1 saturated carbocycles. The number of nitrogens with one attached hydrogen (secondary N) is 1. The first kappa shape index (κ1) is 20.9. The average Bonchev–Trinajstić information content (AvgIpc) is 2.77. The number of nitrogens with zero attached hydrogens (tertiary/aromatic N) is 2. The van der Waals surface area contributed by atoms with E-state index in [1.54, 1.807) is 24.3 Å². The molecule has 1 aliphatic carbocycles. The Hall–Kier alpha value is -3.36. The van der Waals surface area contributed by atoms with E-state index < -0.39 is 28.6 Å². The number of hydrogen-bond donors (Lipinski definition) is 1. The molecular weight excluding hydrogens is 414 g/mol. The molecule has 2 aromatic rings. The maximum absolute atomic E-state index is 12.8. The summed E-state index contributed by atoms with van der Waals surface area (Å²) in [6, 6.07) is 12.7. The number of fused-ring (bicyclic) bond motifs is 1. The average molecular weight is 433 g/mol. The topological polar surface area (TPSA) is 124 Å². The molecule has 1 N–H and O–H groups in total. The second-order valence-corrected chi connectivity index (χ2v) is 8.77. The second-order valence-electron chi connectivity index (χ2n) is 7.78. The fraction of sp³-hybridized carbons (Fsp3) is 0.348. The molecule has 1 aliphatic heterocycles. The maximum Gasteiger partial charge on any atom is 0.347 e. The van der Waals surface area contributed by atoms with E-state index in [4.69, 9.17) is 4.42 Å². The van der Waals surface area contributed by atoms with Gasteiger partial charge in [0, 0.05) is 10.8 Å². The number of allylic oxidation sites excluding steroid dienone is 1. The molecule has 156 valence electrons. The van der Waals surface area contributed by atoms with Gasteiger partial charge in [-0.3, -0.25) is 9.59 Å². The van der Waals surface area contributed by atoms with Gasteiger partial charge >= 0.3 is 5.63 Å². The molecule has 2 aliphatic rings. The normalized spacial score (nSPS) is 20.2. The van der Waals surface area contributed by atoms with Gasteiger partial charge in [0.1, 0.15) is 17.1 Å². The third-order valence-electron chi connectivity index (χ3n) is 6.05. The standard InChI is InChI=1S/C23H19N3O4S/c24-11-16-20(28)26-21(17(12-25)23(16)8-4-1-5-9-23)31-13-18(27)15-10-14-6-2-3-7-19(14)30-22(15)29/h2-3,6-7,10,16H,1,4-5,8-9,13H2,(H,26,28). The lowest BCUT2D eigenvalue weighted by Gasteiger charge is -2.43. The van der Waals surface area contributed by atoms with Gasteiger partial charge in [-0.1, -0.05) is 49.2 Å². The molecule has 31 heavy (non-hydrogen) atoms. The van der Waals surface area contributed by atoms with Crippen LogP contribution in [0, 0.1) is 34.0 Å². The molecule has 1 aromatic heterocycles. The summed E-state index contributed by atoms with van der Waals surface area (Å²) in [7, 11) is 0. The Balaban J connectivity index is 1.64. The van der Waals surface area contributed by atoms with E-state index in [0.717, 1.165) is 31.0 Å². The number of carbonyl (C=O) groups is 2. The van der Waals surface area contributed by atoms with Gasteiger partial charge in [-0.15, -0.1) is 0 Å². The van der Waals surface area contributed by atoms with E-state index in [2.05, 4.69) is 17.5 Å². The van der Waals surface area contributed by atoms with Crippen molar-refractivity contribution < 1.29 is 14.0 Å². The summed E-state index contributed by atoms with van der Waals surface area (Å²) < 4.78 is 5.23. The van der Waals surface area contributed by atoms with Crippen LogP contribution in [0.25, 0.3) is 11.0 Å². The molecule has 1 amide bonds. The van der Waals surface area contributed by atoms with Crippen LogP contribution in [0.3, 0.4) is 0 Å². The molecule has 1 atom stereocenters. The highest BCUT2D eigenvalue weighted by Crippen LogP contribution is 2.51.